The van der Waals surface area contributed by atoms with Crippen molar-refractivity contribution in [2.45, 2.75) is 39.0 Å². The third kappa shape index (κ3) is 7.75. The monoisotopic (exact) mass is 401 g/mol. The number of carbonyl (C=O) groups is 1. The molecule has 0 saturated heterocycles. The Morgan fingerprint density at radius 3 is 2.34 bits per heavy atom. The molecule has 0 heterocycles. The second kappa shape index (κ2) is 12.1. The largest absolute Gasteiger partial charge is 0.493 e. The van der Waals surface area contributed by atoms with Crippen LogP contribution < -0.4 is 9.47 Å². The van der Waals surface area contributed by atoms with Crippen molar-refractivity contribution in [1.82, 2.24) is 4.90 Å². The zero-order chi connectivity index (χ0) is 21.1. The van der Waals surface area contributed by atoms with Crippen LogP contribution in [0.1, 0.15) is 30.9 Å². The van der Waals surface area contributed by atoms with Crippen LogP contribution in [-0.2, 0) is 22.6 Å². The molecule has 0 aromatic heterocycles. The van der Waals surface area contributed by atoms with Gasteiger partial charge >= 0.3 is 5.97 Å². The van der Waals surface area contributed by atoms with Gasteiger partial charge in [0.2, 0.25) is 0 Å². The van der Waals surface area contributed by atoms with Crippen LogP contribution in [0.4, 0.5) is 0 Å². The number of benzene rings is 2. The summed E-state index contributed by atoms with van der Waals surface area (Å²) in [5, 5.41) is 10.4. The van der Waals surface area contributed by atoms with Gasteiger partial charge in [0, 0.05) is 26.1 Å². The first-order valence-corrected chi connectivity index (χ1v) is 9.86. The van der Waals surface area contributed by atoms with Crippen LogP contribution >= 0.6 is 0 Å². The first-order chi connectivity index (χ1) is 14.0. The van der Waals surface area contributed by atoms with Gasteiger partial charge in [0.15, 0.2) is 11.5 Å². The maximum atomic E-state index is 11.6. The Morgan fingerprint density at radius 1 is 1.00 bits per heavy atom. The van der Waals surface area contributed by atoms with E-state index in [9.17, 15) is 9.90 Å². The molecular formula is C23H31NO5. The Labute approximate surface area is 173 Å². The first kappa shape index (κ1) is 22.7. The van der Waals surface area contributed by atoms with Gasteiger partial charge in [-0.15, -0.1) is 0 Å². The van der Waals surface area contributed by atoms with E-state index in [0.29, 0.717) is 37.6 Å². The zero-order valence-corrected chi connectivity index (χ0v) is 17.5. The fourth-order valence-electron chi connectivity index (χ4n) is 3.08. The van der Waals surface area contributed by atoms with Gasteiger partial charge in [-0.3, -0.25) is 9.69 Å². The number of ether oxygens (including phenoxy) is 3. The summed E-state index contributed by atoms with van der Waals surface area (Å²) in [5.41, 5.74) is 2.18. The molecule has 1 atom stereocenters. The summed E-state index contributed by atoms with van der Waals surface area (Å²) < 4.78 is 15.9. The number of aliphatic hydroxyl groups excluding tert-OH is 1. The zero-order valence-electron chi connectivity index (χ0n) is 17.5. The van der Waals surface area contributed by atoms with E-state index >= 15 is 0 Å². The predicted molar refractivity (Wildman–Crippen MR) is 112 cm³/mol. The number of esters is 1. The number of aliphatic hydroxyl groups is 1. The molecule has 0 fully saturated rings. The van der Waals surface area contributed by atoms with E-state index in [-0.39, 0.29) is 12.6 Å². The summed E-state index contributed by atoms with van der Waals surface area (Å²) in [6, 6.07) is 15.9. The van der Waals surface area contributed by atoms with E-state index in [1.54, 1.807) is 14.2 Å². The van der Waals surface area contributed by atoms with E-state index in [1.165, 1.54) is 0 Å². The van der Waals surface area contributed by atoms with Crippen LogP contribution in [0.5, 0.6) is 11.5 Å². The van der Waals surface area contributed by atoms with Crippen LogP contribution in [0.2, 0.25) is 0 Å². The lowest BCUT2D eigenvalue weighted by molar-refractivity contribution is -0.147. The Kier molecular flexibility index (Phi) is 9.47. The average Bonchev–Trinajstić information content (AvgIpc) is 2.73. The van der Waals surface area contributed by atoms with Crippen molar-refractivity contribution in [2.75, 3.05) is 27.4 Å². The third-order valence-electron chi connectivity index (χ3n) is 4.46. The molecule has 29 heavy (non-hydrogen) atoms. The maximum Gasteiger partial charge on any atom is 0.305 e. The number of rotatable bonds is 12. The molecule has 6 nitrogen and oxygen atoms in total. The number of methoxy groups -OCH3 is 2. The summed E-state index contributed by atoms with van der Waals surface area (Å²) in [6.45, 7) is 3.56. The number of nitrogens with zero attached hydrogens (tertiary/aromatic N) is 1. The van der Waals surface area contributed by atoms with Gasteiger partial charge in [-0.1, -0.05) is 43.3 Å². The lowest BCUT2D eigenvalue weighted by Gasteiger charge is -2.25. The molecule has 0 aliphatic carbocycles. The predicted octanol–water partition coefficient (Wildman–Crippen LogP) is 3.41. The summed E-state index contributed by atoms with van der Waals surface area (Å²) in [6.07, 6.45) is 0.333. The van der Waals surface area contributed by atoms with Crippen molar-refractivity contribution in [1.29, 1.82) is 0 Å². The molecule has 0 unspecified atom stereocenters. The van der Waals surface area contributed by atoms with Crippen molar-refractivity contribution in [2.24, 2.45) is 0 Å². The highest BCUT2D eigenvalue weighted by Crippen LogP contribution is 2.28. The standard InChI is InChI=1S/C23H31NO5/c1-4-8-23(26)29-17-20(25)16-24(14-18-9-6-5-7-10-18)15-19-11-12-21(27-2)22(13-19)28-3/h5-7,9-13,20,25H,4,8,14-17H2,1-3H3/t20-/m1/s1. The van der Waals surface area contributed by atoms with Gasteiger partial charge < -0.3 is 19.3 Å². The molecule has 0 spiro atoms. The fraction of sp³-hybridized carbons (Fsp3) is 0.435. The lowest BCUT2D eigenvalue weighted by Crippen LogP contribution is -2.34. The molecule has 0 radical (unpaired) electrons. The minimum absolute atomic E-state index is 0.00391. The van der Waals surface area contributed by atoms with Crippen molar-refractivity contribution in [3.8, 4) is 11.5 Å². The van der Waals surface area contributed by atoms with Crippen molar-refractivity contribution in [3.05, 3.63) is 59.7 Å². The van der Waals surface area contributed by atoms with E-state index in [4.69, 9.17) is 14.2 Å². The van der Waals surface area contributed by atoms with Crippen molar-refractivity contribution in [3.63, 3.8) is 0 Å². The highest BCUT2D eigenvalue weighted by molar-refractivity contribution is 5.69. The Hall–Kier alpha value is -2.57. The number of carbonyl (C=O) groups excluding carboxylic acids is 1. The third-order valence-corrected chi connectivity index (χ3v) is 4.46. The summed E-state index contributed by atoms with van der Waals surface area (Å²) >= 11 is 0. The number of hydrogen-bond donors (Lipinski definition) is 1. The number of hydrogen-bond acceptors (Lipinski definition) is 6. The molecule has 6 heteroatoms. The molecule has 2 rings (SSSR count). The average molecular weight is 402 g/mol. The van der Waals surface area contributed by atoms with Crippen molar-refractivity contribution >= 4 is 5.97 Å². The molecule has 0 saturated carbocycles. The molecule has 2 aromatic carbocycles. The van der Waals surface area contributed by atoms with E-state index in [1.807, 2.05) is 43.3 Å². The van der Waals surface area contributed by atoms with Gasteiger partial charge in [-0.2, -0.15) is 0 Å². The van der Waals surface area contributed by atoms with Crippen LogP contribution in [0.25, 0.3) is 0 Å². The maximum absolute atomic E-state index is 11.6. The molecule has 158 valence electrons. The normalized spacial score (nSPS) is 11.9. The first-order valence-electron chi connectivity index (χ1n) is 9.86. The Bertz CT molecular complexity index is 750. The van der Waals surface area contributed by atoms with Crippen LogP contribution in [0.3, 0.4) is 0 Å². The molecule has 0 aliphatic heterocycles. The van der Waals surface area contributed by atoms with Gasteiger partial charge in [0.25, 0.3) is 0 Å². The minimum atomic E-state index is -0.764. The van der Waals surface area contributed by atoms with Crippen molar-refractivity contribution < 1.29 is 24.1 Å². The van der Waals surface area contributed by atoms with E-state index in [2.05, 4.69) is 17.0 Å². The molecule has 1 N–H and O–H groups in total. The molecule has 0 aliphatic rings. The second-order valence-electron chi connectivity index (χ2n) is 6.93. The van der Waals surface area contributed by atoms with Gasteiger partial charge in [-0.05, 0) is 29.7 Å². The fourth-order valence-corrected chi connectivity index (χ4v) is 3.08. The molecule has 0 amide bonds. The highest BCUT2D eigenvalue weighted by atomic mass is 16.5. The molecular weight excluding hydrogens is 370 g/mol. The van der Waals surface area contributed by atoms with Gasteiger partial charge in [-0.25, -0.2) is 0 Å². The summed E-state index contributed by atoms with van der Waals surface area (Å²) in [7, 11) is 3.22. The topological polar surface area (TPSA) is 68.2 Å². The minimum Gasteiger partial charge on any atom is -0.493 e. The molecule has 0 bridgehead atoms. The highest BCUT2D eigenvalue weighted by Gasteiger charge is 2.16. The summed E-state index contributed by atoms with van der Waals surface area (Å²) in [5.74, 6) is 1.06. The van der Waals surface area contributed by atoms with Crippen LogP contribution in [0, 0.1) is 0 Å². The smallest absolute Gasteiger partial charge is 0.305 e. The van der Waals surface area contributed by atoms with Crippen LogP contribution in [-0.4, -0.2) is 49.5 Å². The van der Waals surface area contributed by atoms with Crippen LogP contribution in [0.15, 0.2) is 48.5 Å². The van der Waals surface area contributed by atoms with E-state index < -0.39 is 6.10 Å². The Morgan fingerprint density at radius 2 is 1.69 bits per heavy atom. The second-order valence-corrected chi connectivity index (χ2v) is 6.93. The molecule has 2 aromatic rings. The summed E-state index contributed by atoms with van der Waals surface area (Å²) in [4.78, 5) is 13.7. The Balaban J connectivity index is 2.07. The lowest BCUT2D eigenvalue weighted by atomic mass is 10.1. The van der Waals surface area contributed by atoms with E-state index in [0.717, 1.165) is 17.5 Å². The van der Waals surface area contributed by atoms with Gasteiger partial charge in [0.05, 0.1) is 14.2 Å². The quantitative estimate of drug-likeness (QED) is 0.550. The SMILES string of the molecule is CCCC(=O)OC[C@H](O)CN(Cc1ccccc1)Cc1ccc(OC)c(OC)c1. The van der Waals surface area contributed by atoms with Gasteiger partial charge in [0.1, 0.15) is 12.7 Å².